The van der Waals surface area contributed by atoms with Gasteiger partial charge in [0.25, 0.3) is 5.69 Å². The number of rotatable bonds is 14. The maximum Gasteiger partial charge on any atom is 0.269 e. The van der Waals surface area contributed by atoms with Gasteiger partial charge in [-0.2, -0.15) is 0 Å². The van der Waals surface area contributed by atoms with E-state index in [2.05, 4.69) is 27.4 Å². The summed E-state index contributed by atoms with van der Waals surface area (Å²) in [6, 6.07) is 22.2. The summed E-state index contributed by atoms with van der Waals surface area (Å²) in [5, 5.41) is 26.4. The largest absolute Gasteiger partial charge is 0.392 e. The first-order valence-electron chi connectivity index (χ1n) is 17.1. The number of piperazine rings is 1. The minimum atomic E-state index is -0.613. The van der Waals surface area contributed by atoms with Crippen LogP contribution in [0.25, 0.3) is 0 Å². The predicted molar refractivity (Wildman–Crippen MR) is 187 cm³/mol. The Kier molecular flexibility index (Phi) is 12.7. The number of hydrogen-bond donors (Lipinski definition) is 3. The topological polar surface area (TPSA) is 147 Å². The lowest BCUT2D eigenvalue weighted by atomic mass is 9.90. The van der Waals surface area contributed by atoms with Crippen molar-refractivity contribution in [3.63, 3.8) is 0 Å². The number of aliphatic hydroxyl groups excluding tert-OH is 1. The molecule has 3 aromatic rings. The van der Waals surface area contributed by atoms with Gasteiger partial charge in [-0.1, -0.05) is 49.7 Å². The summed E-state index contributed by atoms with van der Waals surface area (Å²) in [5.41, 5.74) is 4.48. The van der Waals surface area contributed by atoms with E-state index in [4.69, 9.17) is 9.47 Å². The molecule has 12 heteroatoms. The van der Waals surface area contributed by atoms with Gasteiger partial charge >= 0.3 is 0 Å². The van der Waals surface area contributed by atoms with Crippen LogP contribution in [-0.2, 0) is 25.7 Å². The number of carbonyl (C=O) groups is 2. The number of nitro benzene ring substituents is 1. The van der Waals surface area contributed by atoms with Crippen LogP contribution in [0, 0.1) is 16.0 Å². The van der Waals surface area contributed by atoms with Crippen molar-refractivity contribution < 1.29 is 29.1 Å². The molecule has 2 fully saturated rings. The van der Waals surface area contributed by atoms with Crippen LogP contribution in [0.1, 0.15) is 68.6 Å². The molecule has 3 aromatic carbocycles. The van der Waals surface area contributed by atoms with Crippen LogP contribution >= 0.6 is 0 Å². The van der Waals surface area contributed by atoms with Crippen molar-refractivity contribution in [1.82, 2.24) is 10.2 Å². The van der Waals surface area contributed by atoms with E-state index in [1.165, 1.54) is 6.92 Å². The van der Waals surface area contributed by atoms with Crippen molar-refractivity contribution in [2.45, 2.75) is 64.6 Å². The number of non-ortho nitro benzene ring substituents is 1. The fourth-order valence-corrected chi connectivity index (χ4v) is 6.36. The molecule has 262 valence electrons. The Labute approximate surface area is 287 Å². The Morgan fingerprint density at radius 1 is 0.898 bits per heavy atom. The molecule has 0 aliphatic carbocycles. The van der Waals surface area contributed by atoms with Crippen LogP contribution in [0.3, 0.4) is 0 Å². The summed E-state index contributed by atoms with van der Waals surface area (Å²) in [4.78, 5) is 38.8. The number of nitrogens with one attached hydrogen (secondary N) is 2. The Hall–Kier alpha value is -4.36. The third-order valence-electron chi connectivity index (χ3n) is 9.28. The second kappa shape index (κ2) is 17.3. The highest BCUT2D eigenvalue weighted by atomic mass is 16.7. The van der Waals surface area contributed by atoms with Gasteiger partial charge < -0.3 is 30.1 Å². The first-order chi connectivity index (χ1) is 23.7. The van der Waals surface area contributed by atoms with Crippen molar-refractivity contribution in [3.05, 3.63) is 99.6 Å². The smallest absolute Gasteiger partial charge is 0.269 e. The van der Waals surface area contributed by atoms with Crippen LogP contribution in [0.5, 0.6) is 0 Å². The lowest BCUT2D eigenvalue weighted by Gasteiger charge is -2.44. The molecule has 0 spiro atoms. The van der Waals surface area contributed by atoms with E-state index in [-0.39, 0.29) is 47.2 Å². The van der Waals surface area contributed by atoms with Crippen LogP contribution in [0.2, 0.25) is 0 Å². The number of carbonyl (C=O) groups excluding carboxylic acids is 2. The molecular formula is C37H47N5O7. The molecule has 4 unspecified atom stereocenters. The van der Waals surface area contributed by atoms with Crippen LogP contribution < -0.4 is 15.5 Å². The Bertz CT molecular complexity index is 1530. The molecule has 0 radical (unpaired) electrons. The SMILES string of the molecule is CC(=O)NCCCCCC(=O)Nc1ccc(C2OC(CN3CCN(c4ccc([N+](=O)[O-])cc4)CC3)C(C)C(c3ccc(CO)cc3)O2)cc1. The second-order valence-corrected chi connectivity index (χ2v) is 12.8. The zero-order valence-electron chi connectivity index (χ0n) is 28.3. The molecule has 2 saturated heterocycles. The first kappa shape index (κ1) is 35.9. The van der Waals surface area contributed by atoms with E-state index in [1.807, 2.05) is 60.7 Å². The zero-order chi connectivity index (χ0) is 34.8. The number of anilines is 2. The Balaban J connectivity index is 1.21. The normalized spacial score (nSPS) is 21.2. The van der Waals surface area contributed by atoms with Gasteiger partial charge in [-0.15, -0.1) is 0 Å². The highest BCUT2D eigenvalue weighted by Gasteiger charge is 2.39. The van der Waals surface area contributed by atoms with E-state index in [9.17, 15) is 24.8 Å². The molecule has 2 aliphatic rings. The molecule has 2 heterocycles. The quantitative estimate of drug-likeness (QED) is 0.117. The third-order valence-corrected chi connectivity index (χ3v) is 9.28. The van der Waals surface area contributed by atoms with E-state index < -0.39 is 6.29 Å². The first-order valence-corrected chi connectivity index (χ1v) is 17.1. The number of unbranched alkanes of at least 4 members (excludes halogenated alkanes) is 2. The lowest BCUT2D eigenvalue weighted by molar-refractivity contribution is -0.384. The Morgan fingerprint density at radius 2 is 1.57 bits per heavy atom. The molecule has 49 heavy (non-hydrogen) atoms. The average molecular weight is 674 g/mol. The molecular weight excluding hydrogens is 626 g/mol. The molecule has 12 nitrogen and oxygen atoms in total. The monoisotopic (exact) mass is 673 g/mol. The van der Waals surface area contributed by atoms with Gasteiger partial charge in [0.15, 0.2) is 6.29 Å². The summed E-state index contributed by atoms with van der Waals surface area (Å²) in [6.07, 6.45) is 1.89. The second-order valence-electron chi connectivity index (χ2n) is 12.8. The van der Waals surface area contributed by atoms with Crippen molar-refractivity contribution >= 4 is 28.9 Å². The van der Waals surface area contributed by atoms with Crippen molar-refractivity contribution in [3.8, 4) is 0 Å². The van der Waals surface area contributed by atoms with Crippen molar-refractivity contribution in [2.24, 2.45) is 5.92 Å². The number of aliphatic hydroxyl groups is 1. The fourth-order valence-electron chi connectivity index (χ4n) is 6.36. The van der Waals surface area contributed by atoms with Gasteiger partial charge in [0.2, 0.25) is 11.8 Å². The fraction of sp³-hybridized carbons (Fsp3) is 0.459. The number of hydrogen-bond acceptors (Lipinski definition) is 9. The third kappa shape index (κ3) is 10.1. The van der Waals surface area contributed by atoms with Crippen LogP contribution in [0.4, 0.5) is 17.1 Å². The van der Waals surface area contributed by atoms with Crippen LogP contribution in [0.15, 0.2) is 72.8 Å². The van der Waals surface area contributed by atoms with Crippen LogP contribution in [-0.4, -0.2) is 72.1 Å². The van der Waals surface area contributed by atoms with E-state index in [0.717, 1.165) is 74.4 Å². The number of benzene rings is 3. The van der Waals surface area contributed by atoms with E-state index in [1.54, 1.807) is 12.1 Å². The van der Waals surface area contributed by atoms with E-state index >= 15 is 0 Å². The van der Waals surface area contributed by atoms with Gasteiger partial charge in [-0.25, -0.2) is 0 Å². The molecule has 3 N–H and O–H groups in total. The summed E-state index contributed by atoms with van der Waals surface area (Å²) in [5.74, 6) is -0.0496. The molecule has 0 aromatic heterocycles. The molecule has 0 bridgehead atoms. The Morgan fingerprint density at radius 3 is 2.20 bits per heavy atom. The summed E-state index contributed by atoms with van der Waals surface area (Å²) < 4.78 is 13.3. The molecule has 5 rings (SSSR count). The maximum absolute atomic E-state index is 12.5. The maximum atomic E-state index is 12.5. The molecule has 2 amide bonds. The molecule has 4 atom stereocenters. The average Bonchev–Trinajstić information content (AvgIpc) is 3.11. The van der Waals surface area contributed by atoms with Gasteiger partial charge in [-0.05, 0) is 48.2 Å². The highest BCUT2D eigenvalue weighted by molar-refractivity contribution is 5.90. The predicted octanol–water partition coefficient (Wildman–Crippen LogP) is 5.34. The number of amides is 2. The van der Waals surface area contributed by atoms with Crippen molar-refractivity contribution in [1.29, 1.82) is 0 Å². The minimum Gasteiger partial charge on any atom is -0.392 e. The van der Waals surface area contributed by atoms with Gasteiger partial charge in [0.1, 0.15) is 0 Å². The van der Waals surface area contributed by atoms with Gasteiger partial charge in [0, 0.05) is 87.6 Å². The van der Waals surface area contributed by atoms with Gasteiger partial charge in [0.05, 0.1) is 23.7 Å². The number of nitrogens with zero attached hydrogens (tertiary/aromatic N) is 3. The minimum absolute atomic E-state index is 0.0247. The number of nitro groups is 1. The number of ether oxygens (including phenoxy) is 2. The van der Waals surface area contributed by atoms with E-state index in [0.29, 0.717) is 18.7 Å². The lowest BCUT2D eigenvalue weighted by Crippen LogP contribution is -2.51. The molecule has 2 aliphatic heterocycles. The summed E-state index contributed by atoms with van der Waals surface area (Å²) >= 11 is 0. The standard InChI is InChI=1S/C37H47N5O7/c1-26-34(24-40-20-22-41(23-21-40)32-15-17-33(18-16-32)42(46)47)48-37(49-36(26)29-9-7-28(25-43)8-10-29)30-11-13-31(14-12-30)39-35(45)6-4-3-5-19-38-27(2)44/h7-18,26,34,36-37,43H,3-6,19-25H2,1-2H3,(H,38,44)(H,39,45). The molecule has 0 saturated carbocycles. The zero-order valence-corrected chi connectivity index (χ0v) is 28.3. The van der Waals surface area contributed by atoms with Crippen molar-refractivity contribution in [2.75, 3.05) is 49.5 Å². The highest BCUT2D eigenvalue weighted by Crippen LogP contribution is 2.42. The summed E-state index contributed by atoms with van der Waals surface area (Å²) in [7, 11) is 0. The summed E-state index contributed by atoms with van der Waals surface area (Å²) in [6.45, 7) is 8.23. The van der Waals surface area contributed by atoms with Gasteiger partial charge in [-0.3, -0.25) is 24.6 Å².